The molecule has 4 nitrogen and oxygen atoms in total. The normalized spacial score (nSPS) is 17.6. The SMILES string of the molecule is O=S(=O)(c1ccccc1F)N(CCO)C1CCCCC1. The van der Waals surface area contributed by atoms with Crippen molar-refractivity contribution in [3.8, 4) is 0 Å². The van der Waals surface area contributed by atoms with E-state index in [9.17, 15) is 12.8 Å². The van der Waals surface area contributed by atoms with E-state index in [4.69, 9.17) is 5.11 Å². The Hall–Kier alpha value is -0.980. The lowest BCUT2D eigenvalue weighted by Crippen LogP contribution is -2.43. The van der Waals surface area contributed by atoms with Gasteiger partial charge in [0.2, 0.25) is 10.0 Å². The number of halogens is 1. The first-order valence-corrected chi connectivity index (χ1v) is 8.38. The van der Waals surface area contributed by atoms with Gasteiger partial charge in [0.05, 0.1) is 6.61 Å². The summed E-state index contributed by atoms with van der Waals surface area (Å²) in [5.74, 6) is -0.744. The molecule has 0 heterocycles. The number of sulfonamides is 1. The van der Waals surface area contributed by atoms with Gasteiger partial charge in [-0.25, -0.2) is 12.8 Å². The first-order chi connectivity index (χ1) is 9.57. The van der Waals surface area contributed by atoms with Gasteiger partial charge in [-0.05, 0) is 25.0 Å². The van der Waals surface area contributed by atoms with Crippen LogP contribution in [0, 0.1) is 5.82 Å². The molecule has 6 heteroatoms. The Morgan fingerprint density at radius 2 is 1.85 bits per heavy atom. The molecular weight excluding hydrogens is 281 g/mol. The highest BCUT2D eigenvalue weighted by molar-refractivity contribution is 7.89. The molecule has 0 spiro atoms. The number of aliphatic hydroxyl groups is 1. The minimum atomic E-state index is -3.90. The quantitative estimate of drug-likeness (QED) is 0.906. The summed E-state index contributed by atoms with van der Waals surface area (Å²) >= 11 is 0. The molecule has 0 atom stereocenters. The maximum atomic E-state index is 13.8. The molecule has 1 fully saturated rings. The lowest BCUT2D eigenvalue weighted by atomic mass is 9.95. The molecule has 0 unspecified atom stereocenters. The fourth-order valence-corrected chi connectivity index (χ4v) is 4.49. The molecule has 0 radical (unpaired) electrons. The van der Waals surface area contributed by atoms with Crippen LogP contribution in [0.3, 0.4) is 0 Å². The van der Waals surface area contributed by atoms with Crippen LogP contribution < -0.4 is 0 Å². The van der Waals surface area contributed by atoms with Crippen molar-refractivity contribution < 1.29 is 17.9 Å². The molecule has 0 aliphatic heterocycles. The number of rotatable bonds is 5. The Morgan fingerprint density at radius 3 is 2.45 bits per heavy atom. The maximum Gasteiger partial charge on any atom is 0.246 e. The van der Waals surface area contributed by atoms with Gasteiger partial charge in [-0.3, -0.25) is 0 Å². The monoisotopic (exact) mass is 301 g/mol. The highest BCUT2D eigenvalue weighted by Gasteiger charge is 2.33. The fourth-order valence-electron chi connectivity index (χ4n) is 2.75. The summed E-state index contributed by atoms with van der Waals surface area (Å²) in [6.07, 6.45) is 4.59. The van der Waals surface area contributed by atoms with E-state index in [1.165, 1.54) is 22.5 Å². The molecule has 112 valence electrons. The summed E-state index contributed by atoms with van der Waals surface area (Å²) in [6.45, 7) is -0.245. The Labute approximate surface area is 119 Å². The lowest BCUT2D eigenvalue weighted by Gasteiger charge is -2.33. The second-order valence-electron chi connectivity index (χ2n) is 5.06. The average Bonchev–Trinajstić information content (AvgIpc) is 2.45. The van der Waals surface area contributed by atoms with Crippen LogP contribution in [0.5, 0.6) is 0 Å². The molecule has 0 amide bonds. The zero-order chi connectivity index (χ0) is 14.6. The van der Waals surface area contributed by atoms with E-state index < -0.39 is 15.8 Å². The largest absolute Gasteiger partial charge is 0.395 e. The van der Waals surface area contributed by atoms with Crippen molar-refractivity contribution >= 4 is 10.0 Å². The van der Waals surface area contributed by atoms with Crippen molar-refractivity contribution in [3.05, 3.63) is 30.1 Å². The number of hydrogen-bond acceptors (Lipinski definition) is 3. The van der Waals surface area contributed by atoms with Crippen LogP contribution in [0.15, 0.2) is 29.2 Å². The highest BCUT2D eigenvalue weighted by atomic mass is 32.2. The number of nitrogens with zero attached hydrogens (tertiary/aromatic N) is 1. The molecule has 1 aliphatic rings. The zero-order valence-corrected chi connectivity index (χ0v) is 12.2. The van der Waals surface area contributed by atoms with Crippen molar-refractivity contribution in [1.29, 1.82) is 0 Å². The smallest absolute Gasteiger partial charge is 0.246 e. The number of aliphatic hydroxyl groups excluding tert-OH is 1. The Morgan fingerprint density at radius 1 is 1.20 bits per heavy atom. The second-order valence-corrected chi connectivity index (χ2v) is 6.92. The van der Waals surface area contributed by atoms with Crippen molar-refractivity contribution in [2.24, 2.45) is 0 Å². The molecule has 1 aliphatic carbocycles. The van der Waals surface area contributed by atoms with Crippen LogP contribution in [0.2, 0.25) is 0 Å². The van der Waals surface area contributed by atoms with E-state index in [-0.39, 0.29) is 24.1 Å². The van der Waals surface area contributed by atoms with E-state index >= 15 is 0 Å². The Bertz CT molecular complexity index is 541. The van der Waals surface area contributed by atoms with E-state index in [0.717, 1.165) is 38.2 Å². The second kappa shape index (κ2) is 6.65. The van der Waals surface area contributed by atoms with Crippen LogP contribution >= 0.6 is 0 Å². The topological polar surface area (TPSA) is 57.6 Å². The molecule has 2 rings (SSSR count). The molecule has 20 heavy (non-hydrogen) atoms. The molecule has 1 aromatic carbocycles. The minimum Gasteiger partial charge on any atom is -0.395 e. The molecular formula is C14H20FNO3S. The predicted octanol–water partition coefficient (Wildman–Crippen LogP) is 2.14. The summed E-state index contributed by atoms with van der Waals surface area (Å²) in [5, 5.41) is 9.15. The molecule has 1 saturated carbocycles. The van der Waals surface area contributed by atoms with Crippen molar-refractivity contribution in [2.45, 2.75) is 43.0 Å². The maximum absolute atomic E-state index is 13.8. The van der Waals surface area contributed by atoms with Gasteiger partial charge < -0.3 is 5.11 Å². The zero-order valence-electron chi connectivity index (χ0n) is 11.3. The minimum absolute atomic E-state index is 0.0152. The first kappa shape index (κ1) is 15.4. The highest BCUT2D eigenvalue weighted by Crippen LogP contribution is 2.28. The molecule has 1 N–H and O–H groups in total. The lowest BCUT2D eigenvalue weighted by molar-refractivity contribution is 0.199. The van der Waals surface area contributed by atoms with Gasteiger partial charge in [0.25, 0.3) is 0 Å². The van der Waals surface area contributed by atoms with Gasteiger partial charge in [-0.1, -0.05) is 31.4 Å². The summed E-state index contributed by atoms with van der Waals surface area (Å²) in [7, 11) is -3.90. The number of hydrogen-bond donors (Lipinski definition) is 1. The third-order valence-electron chi connectivity index (χ3n) is 3.73. The van der Waals surface area contributed by atoms with Gasteiger partial charge in [-0.15, -0.1) is 0 Å². The molecule has 0 bridgehead atoms. The van der Waals surface area contributed by atoms with Crippen LogP contribution in [0.4, 0.5) is 4.39 Å². The van der Waals surface area contributed by atoms with E-state index in [0.29, 0.717) is 0 Å². The number of benzene rings is 1. The van der Waals surface area contributed by atoms with E-state index in [2.05, 4.69) is 0 Å². The van der Waals surface area contributed by atoms with E-state index in [1.807, 2.05) is 0 Å². The first-order valence-electron chi connectivity index (χ1n) is 6.94. The summed E-state index contributed by atoms with van der Waals surface area (Å²) in [6, 6.07) is 5.25. The van der Waals surface area contributed by atoms with E-state index in [1.54, 1.807) is 0 Å². The summed E-state index contributed by atoms with van der Waals surface area (Å²) in [5.41, 5.74) is 0. The van der Waals surface area contributed by atoms with Gasteiger partial charge in [0.15, 0.2) is 0 Å². The fraction of sp³-hybridized carbons (Fsp3) is 0.571. The molecule has 0 aromatic heterocycles. The van der Waals surface area contributed by atoms with Crippen LogP contribution in [0.25, 0.3) is 0 Å². The van der Waals surface area contributed by atoms with Crippen molar-refractivity contribution in [3.63, 3.8) is 0 Å². The average molecular weight is 301 g/mol. The molecule has 1 aromatic rings. The summed E-state index contributed by atoms with van der Waals surface area (Å²) in [4.78, 5) is -0.306. The van der Waals surface area contributed by atoms with Gasteiger partial charge >= 0.3 is 0 Å². The standard InChI is InChI=1S/C14H20FNO3S/c15-13-8-4-5-9-14(13)20(18,19)16(10-11-17)12-6-2-1-3-7-12/h4-5,8-9,12,17H,1-3,6-7,10-11H2. The summed E-state index contributed by atoms with van der Waals surface area (Å²) < 4.78 is 40.3. The van der Waals surface area contributed by atoms with Gasteiger partial charge in [-0.2, -0.15) is 4.31 Å². The third-order valence-corrected chi connectivity index (χ3v) is 5.71. The third kappa shape index (κ3) is 3.19. The van der Waals surface area contributed by atoms with Crippen molar-refractivity contribution in [1.82, 2.24) is 4.31 Å². The van der Waals surface area contributed by atoms with Crippen LogP contribution in [-0.2, 0) is 10.0 Å². The Balaban J connectivity index is 2.34. The van der Waals surface area contributed by atoms with Gasteiger partial charge in [0, 0.05) is 12.6 Å². The van der Waals surface area contributed by atoms with Crippen LogP contribution in [-0.4, -0.2) is 37.0 Å². The van der Waals surface area contributed by atoms with Crippen LogP contribution in [0.1, 0.15) is 32.1 Å². The predicted molar refractivity (Wildman–Crippen MR) is 74.3 cm³/mol. The van der Waals surface area contributed by atoms with Gasteiger partial charge in [0.1, 0.15) is 10.7 Å². The molecule has 0 saturated heterocycles. The Kier molecular flexibility index (Phi) is 5.12. The van der Waals surface area contributed by atoms with Crippen molar-refractivity contribution in [2.75, 3.05) is 13.2 Å².